The molecule has 0 aliphatic heterocycles. The van der Waals surface area contributed by atoms with E-state index in [1.54, 1.807) is 0 Å². The molecule has 0 aromatic heterocycles. The van der Waals surface area contributed by atoms with E-state index in [4.69, 9.17) is 52.0 Å². The summed E-state index contributed by atoms with van der Waals surface area (Å²) in [6.07, 6.45) is 0. The third-order valence-corrected chi connectivity index (χ3v) is 2.67. The van der Waals surface area contributed by atoms with Crippen molar-refractivity contribution in [1.82, 2.24) is 0 Å². The number of benzene rings is 1. The minimum atomic E-state index is -1.47. The number of carboxylic acid groups (broad SMARTS) is 1. The highest BCUT2D eigenvalue weighted by Crippen LogP contribution is 2.50. The van der Waals surface area contributed by atoms with Crippen molar-refractivity contribution >= 4 is 52.9 Å². The minimum Gasteiger partial charge on any atom is -0.503 e. The molecule has 0 amide bonds. The molecule has 0 heterocycles. The van der Waals surface area contributed by atoms with Gasteiger partial charge in [0.25, 0.3) is 0 Å². The summed E-state index contributed by atoms with van der Waals surface area (Å²) in [6.45, 7) is 0. The highest BCUT2D eigenvalue weighted by Gasteiger charge is 2.28. The van der Waals surface area contributed by atoms with Gasteiger partial charge in [0, 0.05) is 0 Å². The van der Waals surface area contributed by atoms with Crippen LogP contribution in [-0.4, -0.2) is 16.2 Å². The van der Waals surface area contributed by atoms with Crippen molar-refractivity contribution in [1.29, 1.82) is 0 Å². The van der Waals surface area contributed by atoms with Crippen LogP contribution in [0.5, 0.6) is 17.2 Å². The lowest BCUT2D eigenvalue weighted by atomic mass is 10.2. The molecule has 1 aromatic rings. The number of hydrogen-bond acceptors (Lipinski definition) is 4. The number of aromatic hydroxyl groups is 1. The Kier molecular flexibility index (Phi) is 4.21. The number of aromatic carboxylic acids is 1. The minimum absolute atomic E-state index is 0.444. The summed E-state index contributed by atoms with van der Waals surface area (Å²) in [4.78, 5) is 10.8. The van der Waals surface area contributed by atoms with E-state index in [0.717, 1.165) is 0 Å². The normalized spacial score (nSPS) is 10.0. The molecule has 0 fully saturated rings. The van der Waals surface area contributed by atoms with E-state index in [9.17, 15) is 9.90 Å². The molecule has 1 rings (SSSR count). The van der Waals surface area contributed by atoms with Crippen molar-refractivity contribution in [3.05, 3.63) is 15.6 Å². The quantitative estimate of drug-likeness (QED) is 0.894. The number of phenolic OH excluding ortho intramolecular Hbond substituents is 1. The summed E-state index contributed by atoms with van der Waals surface area (Å²) in [5, 5.41) is 17.3. The molecule has 0 saturated heterocycles. The second-order valence-electron chi connectivity index (χ2n) is 2.47. The molecule has 0 spiro atoms. The van der Waals surface area contributed by atoms with Crippen LogP contribution in [-0.2, 0) is 0 Å². The Morgan fingerprint density at radius 3 is 1.94 bits per heavy atom. The maximum absolute atomic E-state index is 10.8. The van der Waals surface area contributed by atoms with Gasteiger partial charge in [-0.1, -0.05) is 23.2 Å². The van der Waals surface area contributed by atoms with Gasteiger partial charge in [-0.3, -0.25) is 0 Å². The third-order valence-electron chi connectivity index (χ3n) is 1.64. The molecule has 9 heteroatoms. The van der Waals surface area contributed by atoms with Gasteiger partial charge in [0.05, 0.1) is 0 Å². The average molecular weight is 308 g/mol. The fourth-order valence-electron chi connectivity index (χ4n) is 0.963. The lowest BCUT2D eigenvalue weighted by Crippen LogP contribution is -2.01. The molecule has 2 N–H and O–H groups in total. The van der Waals surface area contributed by atoms with E-state index >= 15 is 0 Å². The van der Waals surface area contributed by atoms with Gasteiger partial charge in [-0.05, 0) is 0 Å². The molecule has 0 saturated carbocycles. The first kappa shape index (κ1) is 13.3. The standard InChI is InChI=1S/C7H2Cl4O5/c8-2-1(7(13)14)3(9)5(15-10)6(16-11)4(2)12/h12H,(H,13,14). The Balaban J connectivity index is 3.69. The van der Waals surface area contributed by atoms with Crippen molar-refractivity contribution in [2.24, 2.45) is 0 Å². The van der Waals surface area contributed by atoms with Crippen LogP contribution < -0.4 is 8.58 Å². The van der Waals surface area contributed by atoms with Gasteiger partial charge in [0.1, 0.15) is 39.3 Å². The van der Waals surface area contributed by atoms with Gasteiger partial charge >= 0.3 is 5.97 Å². The van der Waals surface area contributed by atoms with Gasteiger partial charge in [-0.15, -0.1) is 0 Å². The van der Waals surface area contributed by atoms with Crippen molar-refractivity contribution in [2.45, 2.75) is 0 Å². The molecular formula is C7H2Cl4O5. The summed E-state index contributed by atoms with van der Waals surface area (Å²) >= 11 is 21.3. The molecule has 0 unspecified atom stereocenters. The zero-order valence-electron chi connectivity index (χ0n) is 7.13. The summed E-state index contributed by atoms with van der Waals surface area (Å²) in [5.74, 6) is -3.13. The lowest BCUT2D eigenvalue weighted by Gasteiger charge is -2.11. The molecule has 1 aromatic carbocycles. The maximum Gasteiger partial charge on any atom is 0.339 e. The van der Waals surface area contributed by atoms with Crippen LogP contribution >= 0.6 is 46.9 Å². The first-order valence-corrected chi connectivity index (χ1v) is 4.87. The van der Waals surface area contributed by atoms with Crippen molar-refractivity contribution < 1.29 is 23.6 Å². The van der Waals surface area contributed by atoms with Crippen LogP contribution in [0, 0.1) is 0 Å². The molecule has 0 atom stereocenters. The predicted octanol–water partition coefficient (Wildman–Crippen LogP) is 3.46. The molecule has 0 aliphatic carbocycles. The topological polar surface area (TPSA) is 76.0 Å². The Bertz CT molecular complexity index is 447. The highest BCUT2D eigenvalue weighted by molar-refractivity contribution is 6.41. The van der Waals surface area contributed by atoms with Crippen LogP contribution in [0.15, 0.2) is 0 Å². The lowest BCUT2D eigenvalue weighted by molar-refractivity contribution is 0.0696. The molecule has 0 aliphatic rings. The second kappa shape index (κ2) is 5.05. The molecule has 0 radical (unpaired) electrons. The Labute approximate surface area is 109 Å². The number of halogens is 4. The monoisotopic (exact) mass is 306 g/mol. The molecule has 0 bridgehead atoms. The zero-order chi connectivity index (χ0) is 12.5. The Morgan fingerprint density at radius 1 is 1.06 bits per heavy atom. The molecule has 16 heavy (non-hydrogen) atoms. The first-order chi connectivity index (χ1) is 7.45. The predicted molar refractivity (Wildman–Crippen MR) is 58.0 cm³/mol. The van der Waals surface area contributed by atoms with Gasteiger partial charge < -0.3 is 18.8 Å². The SMILES string of the molecule is O=C(O)c1c(Cl)c(O)c(OCl)c(OCl)c1Cl. The van der Waals surface area contributed by atoms with Gasteiger partial charge in [0.15, 0.2) is 5.75 Å². The fraction of sp³-hybridized carbons (Fsp3) is 0. The van der Waals surface area contributed by atoms with Crippen LogP contribution in [0.2, 0.25) is 10.0 Å². The number of hydrogen-bond donors (Lipinski definition) is 2. The van der Waals surface area contributed by atoms with Gasteiger partial charge in [-0.2, -0.15) is 0 Å². The van der Waals surface area contributed by atoms with E-state index in [0.29, 0.717) is 0 Å². The summed E-state index contributed by atoms with van der Waals surface area (Å²) in [7, 11) is 0. The Morgan fingerprint density at radius 2 is 1.56 bits per heavy atom. The van der Waals surface area contributed by atoms with E-state index < -0.39 is 38.8 Å². The van der Waals surface area contributed by atoms with Gasteiger partial charge in [-0.25, -0.2) is 4.79 Å². The zero-order valence-corrected chi connectivity index (χ0v) is 10.2. The van der Waals surface area contributed by atoms with Crippen LogP contribution in [0.4, 0.5) is 0 Å². The fourth-order valence-corrected chi connectivity index (χ4v) is 1.90. The number of carboxylic acids is 1. The highest BCUT2D eigenvalue weighted by atomic mass is 35.5. The summed E-state index contributed by atoms with van der Waals surface area (Å²) in [6, 6.07) is 0. The van der Waals surface area contributed by atoms with E-state index in [2.05, 4.69) is 8.58 Å². The van der Waals surface area contributed by atoms with Crippen molar-refractivity contribution in [3.63, 3.8) is 0 Å². The number of phenols is 1. The smallest absolute Gasteiger partial charge is 0.339 e. The second-order valence-corrected chi connectivity index (χ2v) is 3.53. The van der Waals surface area contributed by atoms with Crippen LogP contribution in [0.3, 0.4) is 0 Å². The number of carbonyl (C=O) groups is 1. The van der Waals surface area contributed by atoms with E-state index in [1.807, 2.05) is 0 Å². The molecule has 88 valence electrons. The maximum atomic E-state index is 10.8. The van der Waals surface area contributed by atoms with E-state index in [-0.39, 0.29) is 0 Å². The Hall–Kier alpha value is -0.750. The van der Waals surface area contributed by atoms with Crippen LogP contribution in [0.1, 0.15) is 10.4 Å². The summed E-state index contributed by atoms with van der Waals surface area (Å²) < 4.78 is 8.46. The van der Waals surface area contributed by atoms with E-state index in [1.165, 1.54) is 0 Å². The van der Waals surface area contributed by atoms with Crippen molar-refractivity contribution in [3.8, 4) is 17.2 Å². The van der Waals surface area contributed by atoms with Crippen molar-refractivity contribution in [2.75, 3.05) is 0 Å². The largest absolute Gasteiger partial charge is 0.503 e. The molecular weight excluding hydrogens is 306 g/mol. The average Bonchev–Trinajstić information content (AvgIpc) is 2.22. The number of rotatable bonds is 3. The van der Waals surface area contributed by atoms with Crippen LogP contribution in [0.25, 0.3) is 0 Å². The first-order valence-electron chi connectivity index (χ1n) is 3.50. The third kappa shape index (κ3) is 2.04. The summed E-state index contributed by atoms with van der Waals surface area (Å²) in [5.41, 5.74) is -0.575. The molecule has 5 nitrogen and oxygen atoms in total. The van der Waals surface area contributed by atoms with Gasteiger partial charge in [0.2, 0.25) is 11.5 Å².